The SMILES string of the molecule is Cn1cc(CO)c(-c2ccccn2)n1. The van der Waals surface area contributed by atoms with Crippen LogP contribution >= 0.6 is 0 Å². The van der Waals surface area contributed by atoms with Crippen molar-refractivity contribution in [2.45, 2.75) is 6.61 Å². The number of hydrogen-bond acceptors (Lipinski definition) is 3. The van der Waals surface area contributed by atoms with Crippen LogP contribution in [0.1, 0.15) is 5.56 Å². The van der Waals surface area contributed by atoms with Crippen LogP contribution in [0.2, 0.25) is 0 Å². The Balaban J connectivity index is 2.51. The van der Waals surface area contributed by atoms with E-state index < -0.39 is 0 Å². The highest BCUT2D eigenvalue weighted by atomic mass is 16.3. The lowest BCUT2D eigenvalue weighted by molar-refractivity contribution is 0.282. The van der Waals surface area contributed by atoms with Crippen LogP contribution in [-0.2, 0) is 13.7 Å². The molecule has 72 valence electrons. The van der Waals surface area contributed by atoms with Gasteiger partial charge in [0.25, 0.3) is 0 Å². The van der Waals surface area contributed by atoms with Crippen LogP contribution in [0, 0.1) is 0 Å². The van der Waals surface area contributed by atoms with Crippen molar-refractivity contribution in [1.82, 2.24) is 14.8 Å². The van der Waals surface area contributed by atoms with E-state index in [0.29, 0.717) is 0 Å². The summed E-state index contributed by atoms with van der Waals surface area (Å²) in [5.41, 5.74) is 2.33. The first-order valence-electron chi connectivity index (χ1n) is 4.36. The monoisotopic (exact) mass is 189 g/mol. The van der Waals surface area contributed by atoms with Crippen LogP contribution in [0.3, 0.4) is 0 Å². The van der Waals surface area contributed by atoms with E-state index >= 15 is 0 Å². The van der Waals surface area contributed by atoms with E-state index in [0.717, 1.165) is 17.0 Å². The molecule has 0 amide bonds. The van der Waals surface area contributed by atoms with Crippen molar-refractivity contribution < 1.29 is 5.11 Å². The van der Waals surface area contributed by atoms with Crippen LogP contribution in [0.4, 0.5) is 0 Å². The second-order valence-corrected chi connectivity index (χ2v) is 3.05. The molecular weight excluding hydrogens is 178 g/mol. The second-order valence-electron chi connectivity index (χ2n) is 3.05. The molecule has 0 aliphatic heterocycles. The standard InChI is InChI=1S/C10H11N3O/c1-13-6-8(7-14)10(12-13)9-4-2-3-5-11-9/h2-6,14H,7H2,1H3. The first-order chi connectivity index (χ1) is 6.81. The molecule has 0 aromatic carbocycles. The first-order valence-corrected chi connectivity index (χ1v) is 4.36. The predicted molar refractivity (Wildman–Crippen MR) is 52.4 cm³/mol. The van der Waals surface area contributed by atoms with Gasteiger partial charge in [0.15, 0.2) is 0 Å². The Morgan fingerprint density at radius 3 is 2.93 bits per heavy atom. The molecule has 0 unspecified atom stereocenters. The third-order valence-electron chi connectivity index (χ3n) is 1.98. The van der Waals surface area contributed by atoms with Gasteiger partial charge in [0, 0.05) is 25.0 Å². The average Bonchev–Trinajstić information content (AvgIpc) is 2.61. The molecule has 0 fully saturated rings. The normalized spacial score (nSPS) is 10.4. The minimum atomic E-state index is -0.0141. The number of nitrogens with zero attached hydrogens (tertiary/aromatic N) is 3. The molecule has 4 nitrogen and oxygen atoms in total. The summed E-state index contributed by atoms with van der Waals surface area (Å²) >= 11 is 0. The molecule has 2 rings (SSSR count). The van der Waals surface area contributed by atoms with Crippen LogP contribution in [0.25, 0.3) is 11.4 Å². The van der Waals surface area contributed by atoms with E-state index in [1.807, 2.05) is 25.2 Å². The zero-order valence-electron chi connectivity index (χ0n) is 7.88. The summed E-state index contributed by atoms with van der Waals surface area (Å²) in [7, 11) is 1.82. The van der Waals surface area contributed by atoms with Crippen molar-refractivity contribution in [2.75, 3.05) is 0 Å². The summed E-state index contributed by atoms with van der Waals surface area (Å²) < 4.78 is 1.68. The Kier molecular flexibility index (Phi) is 2.28. The van der Waals surface area contributed by atoms with Crippen molar-refractivity contribution in [2.24, 2.45) is 7.05 Å². The minimum absolute atomic E-state index is 0.0141. The first kappa shape index (κ1) is 8.90. The van der Waals surface area contributed by atoms with Gasteiger partial charge in [0.1, 0.15) is 5.69 Å². The van der Waals surface area contributed by atoms with Crippen LogP contribution in [0.15, 0.2) is 30.6 Å². The van der Waals surface area contributed by atoms with E-state index in [4.69, 9.17) is 5.11 Å². The smallest absolute Gasteiger partial charge is 0.116 e. The average molecular weight is 189 g/mol. The number of hydrogen-bond donors (Lipinski definition) is 1. The highest BCUT2D eigenvalue weighted by molar-refractivity contribution is 5.57. The van der Waals surface area contributed by atoms with Gasteiger partial charge in [-0.25, -0.2) is 0 Å². The van der Waals surface area contributed by atoms with Crippen LogP contribution < -0.4 is 0 Å². The van der Waals surface area contributed by atoms with Crippen LogP contribution in [-0.4, -0.2) is 19.9 Å². The van der Waals surface area contributed by atoms with Gasteiger partial charge in [-0.2, -0.15) is 5.10 Å². The Hall–Kier alpha value is -1.68. The van der Waals surface area contributed by atoms with E-state index in [1.54, 1.807) is 17.1 Å². The molecule has 2 heterocycles. The fraction of sp³-hybridized carbons (Fsp3) is 0.200. The Morgan fingerprint density at radius 1 is 1.43 bits per heavy atom. The van der Waals surface area contributed by atoms with Gasteiger partial charge in [0.2, 0.25) is 0 Å². The molecular formula is C10H11N3O. The van der Waals surface area contributed by atoms with Gasteiger partial charge in [0.05, 0.1) is 12.3 Å². The highest BCUT2D eigenvalue weighted by Gasteiger charge is 2.09. The molecule has 0 aliphatic carbocycles. The van der Waals surface area contributed by atoms with E-state index in [1.165, 1.54) is 0 Å². The number of aliphatic hydroxyl groups is 1. The maximum atomic E-state index is 9.11. The lowest BCUT2D eigenvalue weighted by Crippen LogP contribution is -1.90. The summed E-state index contributed by atoms with van der Waals surface area (Å²) in [6.07, 6.45) is 3.51. The topological polar surface area (TPSA) is 50.9 Å². The molecule has 0 aliphatic rings. The lowest BCUT2D eigenvalue weighted by Gasteiger charge is -1.96. The fourth-order valence-corrected chi connectivity index (χ4v) is 1.37. The largest absolute Gasteiger partial charge is 0.392 e. The molecule has 0 saturated heterocycles. The van der Waals surface area contributed by atoms with E-state index in [9.17, 15) is 0 Å². The number of aromatic nitrogens is 3. The molecule has 0 radical (unpaired) electrons. The predicted octanol–water partition coefficient (Wildman–Crippen LogP) is 0.974. The van der Waals surface area contributed by atoms with Crippen molar-refractivity contribution in [3.63, 3.8) is 0 Å². The van der Waals surface area contributed by atoms with Gasteiger partial charge in [-0.3, -0.25) is 9.67 Å². The molecule has 2 aromatic rings. The van der Waals surface area contributed by atoms with E-state index in [-0.39, 0.29) is 6.61 Å². The molecule has 0 atom stereocenters. The maximum Gasteiger partial charge on any atom is 0.116 e. The van der Waals surface area contributed by atoms with Crippen molar-refractivity contribution in [3.8, 4) is 11.4 Å². The second kappa shape index (κ2) is 3.59. The molecule has 1 N–H and O–H groups in total. The summed E-state index contributed by atoms with van der Waals surface area (Å²) in [5, 5.41) is 13.4. The van der Waals surface area contributed by atoms with Crippen molar-refractivity contribution in [1.29, 1.82) is 0 Å². The molecule has 0 saturated carbocycles. The maximum absolute atomic E-state index is 9.11. The van der Waals surface area contributed by atoms with Crippen LogP contribution in [0.5, 0.6) is 0 Å². The quantitative estimate of drug-likeness (QED) is 0.766. The highest BCUT2D eigenvalue weighted by Crippen LogP contribution is 2.18. The van der Waals surface area contributed by atoms with Gasteiger partial charge < -0.3 is 5.11 Å². The Bertz CT molecular complexity index is 422. The number of aryl methyl sites for hydroxylation is 1. The number of pyridine rings is 1. The zero-order valence-corrected chi connectivity index (χ0v) is 7.88. The number of aliphatic hydroxyl groups excluding tert-OH is 1. The van der Waals surface area contributed by atoms with Gasteiger partial charge in [-0.1, -0.05) is 6.07 Å². The molecule has 14 heavy (non-hydrogen) atoms. The third kappa shape index (κ3) is 1.52. The van der Waals surface area contributed by atoms with Crippen molar-refractivity contribution in [3.05, 3.63) is 36.2 Å². The van der Waals surface area contributed by atoms with Crippen molar-refractivity contribution >= 4 is 0 Å². The molecule has 0 spiro atoms. The number of rotatable bonds is 2. The Morgan fingerprint density at radius 2 is 2.29 bits per heavy atom. The molecule has 0 bridgehead atoms. The lowest BCUT2D eigenvalue weighted by atomic mass is 10.2. The summed E-state index contributed by atoms with van der Waals surface area (Å²) in [5.74, 6) is 0. The molecule has 4 heteroatoms. The van der Waals surface area contributed by atoms with Gasteiger partial charge in [-0.05, 0) is 12.1 Å². The Labute approximate surface area is 81.8 Å². The summed E-state index contributed by atoms with van der Waals surface area (Å²) in [4.78, 5) is 4.18. The summed E-state index contributed by atoms with van der Waals surface area (Å²) in [6, 6.07) is 5.63. The minimum Gasteiger partial charge on any atom is -0.392 e. The van der Waals surface area contributed by atoms with Gasteiger partial charge in [-0.15, -0.1) is 0 Å². The molecule has 2 aromatic heterocycles. The zero-order chi connectivity index (χ0) is 9.97. The van der Waals surface area contributed by atoms with E-state index in [2.05, 4.69) is 10.1 Å². The fourth-order valence-electron chi connectivity index (χ4n) is 1.37. The summed E-state index contributed by atoms with van der Waals surface area (Å²) in [6.45, 7) is -0.0141. The third-order valence-corrected chi connectivity index (χ3v) is 1.98. The van der Waals surface area contributed by atoms with Gasteiger partial charge >= 0.3 is 0 Å².